The summed E-state index contributed by atoms with van der Waals surface area (Å²) in [5, 5.41) is 2.77. The molecule has 0 heterocycles. The first-order valence-electron chi connectivity index (χ1n) is 8.50. The van der Waals surface area contributed by atoms with E-state index in [-0.39, 0.29) is 11.2 Å². The van der Waals surface area contributed by atoms with Crippen molar-refractivity contribution in [1.29, 1.82) is 0 Å². The summed E-state index contributed by atoms with van der Waals surface area (Å²) in [4.78, 5) is 13.4. The molecule has 0 unspecified atom stereocenters. The maximum atomic E-state index is 12.3. The van der Waals surface area contributed by atoms with E-state index in [9.17, 15) is 4.79 Å². The van der Waals surface area contributed by atoms with Crippen molar-refractivity contribution in [2.45, 2.75) is 23.7 Å². The van der Waals surface area contributed by atoms with Gasteiger partial charge in [-0.25, -0.2) is 0 Å². The number of rotatable bonds is 7. The van der Waals surface area contributed by atoms with Crippen LogP contribution in [0.4, 0.5) is 5.69 Å². The van der Waals surface area contributed by atoms with Gasteiger partial charge in [-0.3, -0.25) is 4.79 Å². The molecule has 3 rings (SSSR count). The Labute approximate surface area is 158 Å². The standard InChI is InChI=1S/C22H21NO2S/c1-17(26-21-10-6-3-7-11-21)22(24)23-19-12-14-20(15-13-19)25-16-18-8-4-2-5-9-18/h2-15,17H,16H2,1H3,(H,23,24)/t17-/m0/s1. The second kappa shape index (κ2) is 9.11. The van der Waals surface area contributed by atoms with Crippen molar-refractivity contribution in [3.8, 4) is 5.75 Å². The Bertz CT molecular complexity index is 820. The lowest BCUT2D eigenvalue weighted by Crippen LogP contribution is -2.22. The van der Waals surface area contributed by atoms with Gasteiger partial charge in [-0.1, -0.05) is 48.5 Å². The first kappa shape index (κ1) is 18.1. The minimum Gasteiger partial charge on any atom is -0.489 e. The fraction of sp³-hybridized carbons (Fsp3) is 0.136. The Morgan fingerprint density at radius 3 is 2.19 bits per heavy atom. The third-order valence-electron chi connectivity index (χ3n) is 3.80. The average molecular weight is 363 g/mol. The molecule has 0 radical (unpaired) electrons. The Hall–Kier alpha value is -2.72. The van der Waals surface area contributed by atoms with Crippen LogP contribution in [0.25, 0.3) is 0 Å². The highest BCUT2D eigenvalue weighted by Gasteiger charge is 2.14. The summed E-state index contributed by atoms with van der Waals surface area (Å²) in [6, 6.07) is 27.4. The molecule has 3 aromatic rings. The molecule has 26 heavy (non-hydrogen) atoms. The summed E-state index contributed by atoms with van der Waals surface area (Å²) in [5.74, 6) is 0.760. The molecular weight excluding hydrogens is 342 g/mol. The molecule has 0 spiro atoms. The average Bonchev–Trinajstić information content (AvgIpc) is 2.69. The third-order valence-corrected chi connectivity index (χ3v) is 4.91. The predicted octanol–water partition coefficient (Wildman–Crippen LogP) is 5.38. The van der Waals surface area contributed by atoms with E-state index in [1.54, 1.807) is 11.8 Å². The fourth-order valence-corrected chi connectivity index (χ4v) is 3.26. The molecule has 0 aliphatic carbocycles. The highest BCUT2D eigenvalue weighted by Crippen LogP contribution is 2.24. The van der Waals surface area contributed by atoms with Crippen LogP contribution >= 0.6 is 11.8 Å². The van der Waals surface area contributed by atoms with Crippen molar-refractivity contribution in [2.75, 3.05) is 5.32 Å². The zero-order valence-corrected chi connectivity index (χ0v) is 15.4. The fourth-order valence-electron chi connectivity index (χ4n) is 2.38. The van der Waals surface area contributed by atoms with Gasteiger partial charge in [-0.2, -0.15) is 0 Å². The molecule has 0 bridgehead atoms. The van der Waals surface area contributed by atoms with E-state index >= 15 is 0 Å². The van der Waals surface area contributed by atoms with Crippen LogP contribution in [0.5, 0.6) is 5.75 Å². The number of hydrogen-bond donors (Lipinski definition) is 1. The van der Waals surface area contributed by atoms with Gasteiger partial charge in [0.25, 0.3) is 0 Å². The van der Waals surface area contributed by atoms with Gasteiger partial charge in [0.05, 0.1) is 5.25 Å². The normalized spacial score (nSPS) is 11.6. The van der Waals surface area contributed by atoms with Gasteiger partial charge in [0, 0.05) is 10.6 Å². The van der Waals surface area contributed by atoms with Crippen LogP contribution in [0.3, 0.4) is 0 Å². The molecule has 4 heteroatoms. The smallest absolute Gasteiger partial charge is 0.237 e. The highest BCUT2D eigenvalue weighted by molar-refractivity contribution is 8.00. The van der Waals surface area contributed by atoms with Crippen molar-refractivity contribution in [3.63, 3.8) is 0 Å². The topological polar surface area (TPSA) is 38.3 Å². The number of thioether (sulfide) groups is 1. The number of carbonyl (C=O) groups is 1. The summed E-state index contributed by atoms with van der Waals surface area (Å²) in [5.41, 5.74) is 1.89. The van der Waals surface area contributed by atoms with Crippen LogP contribution in [0.2, 0.25) is 0 Å². The first-order chi connectivity index (χ1) is 12.7. The van der Waals surface area contributed by atoms with Crippen LogP contribution in [0.1, 0.15) is 12.5 Å². The van der Waals surface area contributed by atoms with Gasteiger partial charge in [0.15, 0.2) is 0 Å². The highest BCUT2D eigenvalue weighted by atomic mass is 32.2. The van der Waals surface area contributed by atoms with Gasteiger partial charge < -0.3 is 10.1 Å². The third kappa shape index (κ3) is 5.39. The van der Waals surface area contributed by atoms with Crippen LogP contribution in [-0.4, -0.2) is 11.2 Å². The first-order valence-corrected chi connectivity index (χ1v) is 9.38. The minimum absolute atomic E-state index is 0.0168. The molecule has 3 nitrogen and oxygen atoms in total. The number of carbonyl (C=O) groups excluding carboxylic acids is 1. The molecule has 0 fully saturated rings. The van der Waals surface area contributed by atoms with Gasteiger partial charge in [-0.05, 0) is 48.9 Å². The Balaban J connectivity index is 1.51. The Kier molecular flexibility index (Phi) is 6.34. The number of nitrogens with one attached hydrogen (secondary N) is 1. The van der Waals surface area contributed by atoms with E-state index in [1.807, 2.05) is 91.9 Å². The summed E-state index contributed by atoms with van der Waals surface area (Å²) < 4.78 is 5.76. The molecule has 0 aliphatic rings. The molecule has 1 N–H and O–H groups in total. The molecule has 132 valence electrons. The lowest BCUT2D eigenvalue weighted by Gasteiger charge is -2.12. The van der Waals surface area contributed by atoms with Crippen LogP contribution in [0, 0.1) is 0 Å². The molecule has 0 saturated carbocycles. The number of anilines is 1. The van der Waals surface area contributed by atoms with Gasteiger partial charge in [-0.15, -0.1) is 11.8 Å². The summed E-state index contributed by atoms with van der Waals surface area (Å²) in [6.45, 7) is 2.43. The minimum atomic E-state index is -0.175. The molecule has 0 saturated heterocycles. The van der Waals surface area contributed by atoms with Crippen LogP contribution in [-0.2, 0) is 11.4 Å². The second-order valence-electron chi connectivity index (χ2n) is 5.86. The van der Waals surface area contributed by atoms with Crippen molar-refractivity contribution < 1.29 is 9.53 Å². The lowest BCUT2D eigenvalue weighted by molar-refractivity contribution is -0.115. The molecule has 3 aromatic carbocycles. The SMILES string of the molecule is C[C@H](Sc1ccccc1)C(=O)Nc1ccc(OCc2ccccc2)cc1. The summed E-state index contributed by atoms with van der Waals surface area (Å²) >= 11 is 1.54. The molecule has 1 amide bonds. The lowest BCUT2D eigenvalue weighted by atomic mass is 10.2. The maximum absolute atomic E-state index is 12.3. The number of amides is 1. The zero-order chi connectivity index (χ0) is 18.2. The van der Waals surface area contributed by atoms with Crippen molar-refractivity contribution in [3.05, 3.63) is 90.5 Å². The number of hydrogen-bond acceptors (Lipinski definition) is 3. The largest absolute Gasteiger partial charge is 0.489 e. The van der Waals surface area contributed by atoms with Crippen molar-refractivity contribution >= 4 is 23.4 Å². The quantitative estimate of drug-likeness (QED) is 0.572. The number of benzene rings is 3. The predicted molar refractivity (Wildman–Crippen MR) is 108 cm³/mol. The Morgan fingerprint density at radius 1 is 0.923 bits per heavy atom. The summed E-state index contributed by atoms with van der Waals surface area (Å²) in [6.07, 6.45) is 0. The molecule has 0 aromatic heterocycles. The van der Waals surface area contributed by atoms with E-state index in [0.29, 0.717) is 6.61 Å². The van der Waals surface area contributed by atoms with Gasteiger partial charge in [0.1, 0.15) is 12.4 Å². The summed E-state index contributed by atoms with van der Waals surface area (Å²) in [7, 11) is 0. The second-order valence-corrected chi connectivity index (χ2v) is 7.28. The van der Waals surface area contributed by atoms with Gasteiger partial charge in [0.2, 0.25) is 5.91 Å². The zero-order valence-electron chi connectivity index (χ0n) is 14.6. The van der Waals surface area contributed by atoms with Crippen LogP contribution in [0.15, 0.2) is 89.8 Å². The van der Waals surface area contributed by atoms with E-state index in [2.05, 4.69) is 5.32 Å². The molecule has 1 atom stereocenters. The maximum Gasteiger partial charge on any atom is 0.237 e. The van der Waals surface area contributed by atoms with E-state index in [4.69, 9.17) is 4.74 Å². The monoisotopic (exact) mass is 363 g/mol. The van der Waals surface area contributed by atoms with Crippen molar-refractivity contribution in [1.82, 2.24) is 0 Å². The van der Waals surface area contributed by atoms with E-state index in [1.165, 1.54) is 0 Å². The molecular formula is C22H21NO2S. The van der Waals surface area contributed by atoms with E-state index < -0.39 is 0 Å². The molecule has 0 aliphatic heterocycles. The number of ether oxygens (including phenoxy) is 1. The Morgan fingerprint density at radius 2 is 1.54 bits per heavy atom. The van der Waals surface area contributed by atoms with Crippen LogP contribution < -0.4 is 10.1 Å². The van der Waals surface area contributed by atoms with Gasteiger partial charge >= 0.3 is 0 Å². The van der Waals surface area contributed by atoms with Crippen molar-refractivity contribution in [2.24, 2.45) is 0 Å². The van der Waals surface area contributed by atoms with E-state index in [0.717, 1.165) is 21.9 Å².